The minimum atomic E-state index is -0.614. The minimum Gasteiger partial charge on any atom is -0.497 e. The highest BCUT2D eigenvalue weighted by molar-refractivity contribution is 5.89. The van der Waals surface area contributed by atoms with Gasteiger partial charge in [0, 0.05) is 62.3 Å². The Bertz CT molecular complexity index is 1950. The van der Waals surface area contributed by atoms with Gasteiger partial charge in [0.15, 0.2) is 5.82 Å². The molecule has 0 bridgehead atoms. The molecule has 3 heterocycles. The standard InChI is InChI=1S/C39H49N7O4/c1-7-8-17-39(2,26-47)44-37-36-33(42-38(43-37)41-22-28-14-15-31(49-5)20-34(28)50-6)19-29(23-40-36)32-21-35(48)46(4)25-30(32)24-45(3)18-16-27-12-10-9-11-13-27/h9-15,19-21,23,25,47H,7-8,16-18,22,24,26H2,1-6H3,(H2,41,42,43,44). The molecule has 5 rings (SSSR count). The minimum absolute atomic E-state index is 0.0726. The molecule has 0 spiro atoms. The summed E-state index contributed by atoms with van der Waals surface area (Å²) in [6.45, 7) is 5.94. The Morgan fingerprint density at radius 3 is 2.54 bits per heavy atom. The Hall–Kier alpha value is -5.00. The maximum Gasteiger partial charge on any atom is 0.250 e. The lowest BCUT2D eigenvalue weighted by atomic mass is 9.96. The van der Waals surface area contributed by atoms with E-state index in [0.717, 1.165) is 54.5 Å². The number of ether oxygens (including phenoxy) is 2. The highest BCUT2D eigenvalue weighted by Crippen LogP contribution is 2.31. The van der Waals surface area contributed by atoms with Crippen molar-refractivity contribution in [2.45, 2.75) is 58.2 Å². The number of nitrogens with zero attached hydrogens (tertiary/aromatic N) is 5. The number of likely N-dealkylation sites (N-methyl/N-ethyl adjacent to an activating group) is 1. The number of pyridine rings is 2. The summed E-state index contributed by atoms with van der Waals surface area (Å²) >= 11 is 0. The van der Waals surface area contributed by atoms with Crippen LogP contribution in [0.5, 0.6) is 11.5 Å². The normalized spacial score (nSPS) is 12.6. The molecule has 0 aliphatic carbocycles. The zero-order valence-corrected chi connectivity index (χ0v) is 30.0. The summed E-state index contributed by atoms with van der Waals surface area (Å²) in [5.74, 6) is 2.28. The van der Waals surface area contributed by atoms with Crippen LogP contribution in [0.3, 0.4) is 0 Å². The molecule has 0 saturated carbocycles. The lowest BCUT2D eigenvalue weighted by Gasteiger charge is -2.29. The van der Waals surface area contributed by atoms with Gasteiger partial charge in [0.2, 0.25) is 5.95 Å². The Morgan fingerprint density at radius 2 is 1.82 bits per heavy atom. The van der Waals surface area contributed by atoms with Crippen molar-refractivity contribution in [3.63, 3.8) is 0 Å². The molecule has 2 aromatic carbocycles. The number of nitrogens with one attached hydrogen (secondary N) is 2. The number of aryl methyl sites for hydroxylation is 1. The van der Waals surface area contributed by atoms with Crippen molar-refractivity contribution >= 4 is 22.8 Å². The number of aliphatic hydroxyl groups is 1. The van der Waals surface area contributed by atoms with Crippen molar-refractivity contribution < 1.29 is 14.6 Å². The fraction of sp³-hybridized carbons (Fsp3) is 0.385. The van der Waals surface area contributed by atoms with Crippen molar-refractivity contribution in [1.29, 1.82) is 0 Å². The molecule has 3 aromatic heterocycles. The topological polar surface area (TPSA) is 127 Å². The van der Waals surface area contributed by atoms with Crippen molar-refractivity contribution in [2.75, 3.05) is 45.1 Å². The van der Waals surface area contributed by atoms with E-state index in [1.165, 1.54) is 5.56 Å². The fourth-order valence-electron chi connectivity index (χ4n) is 5.95. The van der Waals surface area contributed by atoms with Gasteiger partial charge in [-0.3, -0.25) is 9.78 Å². The monoisotopic (exact) mass is 679 g/mol. The molecule has 0 radical (unpaired) electrons. The van der Waals surface area contributed by atoms with Gasteiger partial charge in [-0.2, -0.15) is 4.98 Å². The SMILES string of the molecule is CCCCC(C)(CO)Nc1nc(NCc2ccc(OC)cc2OC)nc2cc(-c3cc(=O)n(C)cc3CN(C)CCc3ccccc3)cnc12. The number of aromatic nitrogens is 4. The number of fused-ring (bicyclic) bond motifs is 1. The van der Waals surface area contributed by atoms with Gasteiger partial charge in [-0.1, -0.05) is 50.1 Å². The molecular formula is C39H49N7O4. The first-order chi connectivity index (χ1) is 24.1. The lowest BCUT2D eigenvalue weighted by molar-refractivity contribution is 0.212. The third-order valence-electron chi connectivity index (χ3n) is 9.01. The number of hydrogen-bond acceptors (Lipinski definition) is 10. The molecule has 11 nitrogen and oxygen atoms in total. The molecule has 11 heteroatoms. The van der Waals surface area contributed by atoms with E-state index in [-0.39, 0.29) is 12.2 Å². The first-order valence-electron chi connectivity index (χ1n) is 17.1. The lowest BCUT2D eigenvalue weighted by Crippen LogP contribution is -2.39. The summed E-state index contributed by atoms with van der Waals surface area (Å²) in [7, 11) is 7.11. The van der Waals surface area contributed by atoms with E-state index in [2.05, 4.69) is 53.8 Å². The molecule has 0 saturated heterocycles. The first kappa shape index (κ1) is 36.3. The summed E-state index contributed by atoms with van der Waals surface area (Å²) < 4.78 is 12.6. The average molecular weight is 680 g/mol. The van der Waals surface area contributed by atoms with Gasteiger partial charge >= 0.3 is 0 Å². The second-order valence-electron chi connectivity index (χ2n) is 13.1. The molecule has 1 unspecified atom stereocenters. The predicted octanol–water partition coefficient (Wildman–Crippen LogP) is 6.05. The molecule has 3 N–H and O–H groups in total. The van der Waals surface area contributed by atoms with E-state index < -0.39 is 5.54 Å². The van der Waals surface area contributed by atoms with Crippen LogP contribution < -0.4 is 25.7 Å². The van der Waals surface area contributed by atoms with Crippen LogP contribution in [-0.2, 0) is 26.6 Å². The van der Waals surface area contributed by atoms with E-state index >= 15 is 0 Å². The predicted molar refractivity (Wildman–Crippen MR) is 200 cm³/mol. The Kier molecular flexibility index (Phi) is 12.0. The van der Waals surface area contributed by atoms with Crippen LogP contribution >= 0.6 is 0 Å². The molecule has 0 aliphatic heterocycles. The Balaban J connectivity index is 1.52. The second-order valence-corrected chi connectivity index (χ2v) is 13.1. The molecule has 5 aromatic rings. The summed E-state index contributed by atoms with van der Waals surface area (Å²) in [5, 5.41) is 17.3. The molecule has 1 atom stereocenters. The Labute approximate surface area is 294 Å². The number of hydrogen-bond donors (Lipinski definition) is 3. The van der Waals surface area contributed by atoms with Gasteiger partial charge in [-0.15, -0.1) is 0 Å². The van der Waals surface area contributed by atoms with Gasteiger partial charge in [0.1, 0.15) is 17.0 Å². The van der Waals surface area contributed by atoms with E-state index in [1.807, 2.05) is 43.5 Å². The number of methoxy groups -OCH3 is 2. The maximum absolute atomic E-state index is 13.0. The van der Waals surface area contributed by atoms with Crippen LogP contribution in [0.25, 0.3) is 22.2 Å². The molecule has 0 fully saturated rings. The van der Waals surface area contributed by atoms with Crippen LogP contribution in [0.1, 0.15) is 49.8 Å². The van der Waals surface area contributed by atoms with Gasteiger partial charge in [0.05, 0.1) is 31.9 Å². The molecule has 264 valence electrons. The number of aliphatic hydroxyl groups excluding tert-OH is 1. The van der Waals surface area contributed by atoms with E-state index in [0.29, 0.717) is 47.4 Å². The second kappa shape index (κ2) is 16.6. The largest absolute Gasteiger partial charge is 0.497 e. The molecule has 0 aliphatic rings. The van der Waals surface area contributed by atoms with Crippen LogP contribution in [0.15, 0.2) is 77.9 Å². The van der Waals surface area contributed by atoms with Crippen molar-refractivity contribution in [1.82, 2.24) is 24.4 Å². The average Bonchev–Trinajstić information content (AvgIpc) is 3.13. The number of rotatable bonds is 17. The summed E-state index contributed by atoms with van der Waals surface area (Å²) in [5.41, 5.74) is 5.24. The summed E-state index contributed by atoms with van der Waals surface area (Å²) in [6.07, 6.45) is 7.30. The van der Waals surface area contributed by atoms with E-state index in [1.54, 1.807) is 38.1 Å². The molecule has 0 amide bonds. The van der Waals surface area contributed by atoms with Crippen molar-refractivity contribution in [2.24, 2.45) is 7.05 Å². The zero-order valence-electron chi connectivity index (χ0n) is 30.0. The van der Waals surface area contributed by atoms with Gasteiger partial charge in [-0.05, 0) is 61.7 Å². The van der Waals surface area contributed by atoms with Crippen LogP contribution in [0.4, 0.5) is 11.8 Å². The highest BCUT2D eigenvalue weighted by atomic mass is 16.5. The fourth-order valence-corrected chi connectivity index (χ4v) is 5.95. The third kappa shape index (κ3) is 8.96. The van der Waals surface area contributed by atoms with E-state index in [4.69, 9.17) is 24.4 Å². The van der Waals surface area contributed by atoms with Gasteiger partial charge in [-0.25, -0.2) is 4.98 Å². The van der Waals surface area contributed by atoms with Gasteiger partial charge in [0.25, 0.3) is 5.56 Å². The molecular weight excluding hydrogens is 630 g/mol. The van der Waals surface area contributed by atoms with Crippen molar-refractivity contribution in [3.8, 4) is 22.6 Å². The first-order valence-corrected chi connectivity index (χ1v) is 17.1. The van der Waals surface area contributed by atoms with Crippen LogP contribution in [0, 0.1) is 0 Å². The number of unbranched alkanes of at least 4 members (excludes halogenated alkanes) is 1. The summed E-state index contributed by atoms with van der Waals surface area (Å²) in [6, 6.07) is 19.7. The van der Waals surface area contributed by atoms with Crippen LogP contribution in [0.2, 0.25) is 0 Å². The smallest absolute Gasteiger partial charge is 0.250 e. The quantitative estimate of drug-likeness (QED) is 0.107. The van der Waals surface area contributed by atoms with Crippen molar-refractivity contribution in [3.05, 3.63) is 100 Å². The Morgan fingerprint density at radius 1 is 1.02 bits per heavy atom. The number of anilines is 2. The third-order valence-corrected chi connectivity index (χ3v) is 9.01. The van der Waals surface area contributed by atoms with E-state index in [9.17, 15) is 9.90 Å². The van der Waals surface area contributed by atoms with Crippen LogP contribution in [-0.4, -0.2) is 69.5 Å². The number of benzene rings is 2. The summed E-state index contributed by atoms with van der Waals surface area (Å²) in [4.78, 5) is 29.8. The maximum atomic E-state index is 13.0. The highest BCUT2D eigenvalue weighted by Gasteiger charge is 2.25. The zero-order chi connectivity index (χ0) is 35.7. The van der Waals surface area contributed by atoms with Gasteiger partial charge < -0.3 is 34.7 Å². The molecule has 50 heavy (non-hydrogen) atoms.